The number of likely N-dealkylation sites (tertiary alicyclic amines) is 1. The molecule has 0 spiro atoms. The number of amides is 1. The van der Waals surface area contributed by atoms with Crippen LogP contribution in [0.5, 0.6) is 0 Å². The maximum Gasteiger partial charge on any atom is 0.356 e. The molecule has 32 heavy (non-hydrogen) atoms. The van der Waals surface area contributed by atoms with E-state index in [1.807, 2.05) is 16.7 Å². The average molecular weight is 456 g/mol. The molecule has 0 saturated carbocycles. The number of esters is 1. The second kappa shape index (κ2) is 8.11. The number of nitrogens with one attached hydrogen (secondary N) is 3. The quantitative estimate of drug-likeness (QED) is 0.518. The predicted molar refractivity (Wildman–Crippen MR) is 120 cm³/mol. The van der Waals surface area contributed by atoms with E-state index in [1.165, 1.54) is 12.0 Å². The third-order valence-corrected chi connectivity index (χ3v) is 6.73. The molecule has 3 N–H and O–H groups in total. The molecule has 2 aliphatic rings. The highest BCUT2D eigenvalue weighted by Crippen LogP contribution is 2.31. The second-order valence-electron chi connectivity index (χ2n) is 8.64. The lowest BCUT2D eigenvalue weighted by atomic mass is 9.83. The van der Waals surface area contributed by atoms with Gasteiger partial charge in [0.05, 0.1) is 25.9 Å². The zero-order chi connectivity index (χ0) is 22.4. The van der Waals surface area contributed by atoms with Gasteiger partial charge in [0.25, 0.3) is 11.5 Å². The third kappa shape index (κ3) is 3.69. The van der Waals surface area contributed by atoms with Crippen molar-refractivity contribution in [2.75, 3.05) is 32.1 Å². The minimum absolute atomic E-state index is 0.0479. The molecule has 0 radical (unpaired) electrons. The normalized spacial score (nSPS) is 21.8. The summed E-state index contributed by atoms with van der Waals surface area (Å²) in [5, 5.41) is 4.08. The van der Waals surface area contributed by atoms with Gasteiger partial charge in [-0.2, -0.15) is 0 Å². The highest BCUT2D eigenvalue weighted by molar-refractivity contribution is 6.31. The Morgan fingerprint density at radius 3 is 2.94 bits per heavy atom. The predicted octanol–water partition coefficient (Wildman–Crippen LogP) is 1.41. The van der Waals surface area contributed by atoms with Crippen LogP contribution in [-0.4, -0.2) is 48.2 Å². The van der Waals surface area contributed by atoms with Crippen LogP contribution in [0.1, 0.15) is 28.5 Å². The van der Waals surface area contributed by atoms with Gasteiger partial charge in [-0.1, -0.05) is 17.7 Å². The van der Waals surface area contributed by atoms with Crippen LogP contribution in [0, 0.1) is 5.92 Å². The van der Waals surface area contributed by atoms with Crippen molar-refractivity contribution in [3.05, 3.63) is 63.2 Å². The number of methoxy groups -OCH3 is 1. The highest BCUT2D eigenvalue weighted by atomic mass is 35.5. The smallest absolute Gasteiger partial charge is 0.356 e. The first-order valence-electron chi connectivity index (χ1n) is 10.7. The van der Waals surface area contributed by atoms with Crippen molar-refractivity contribution in [3.63, 3.8) is 0 Å². The van der Waals surface area contributed by atoms with E-state index < -0.39 is 5.97 Å². The van der Waals surface area contributed by atoms with E-state index in [2.05, 4.69) is 10.3 Å². The monoisotopic (exact) mass is 455 g/mol. The first-order chi connectivity index (χ1) is 15.4. The minimum atomic E-state index is -0.561. The van der Waals surface area contributed by atoms with Gasteiger partial charge in [0.15, 0.2) is 6.54 Å². The highest BCUT2D eigenvalue weighted by Gasteiger charge is 2.37. The lowest BCUT2D eigenvalue weighted by molar-refractivity contribution is -0.903. The molecule has 1 unspecified atom stereocenters. The van der Waals surface area contributed by atoms with Crippen molar-refractivity contribution in [3.8, 4) is 0 Å². The molecule has 4 heterocycles. The summed E-state index contributed by atoms with van der Waals surface area (Å²) in [6, 6.07) is 10.6. The summed E-state index contributed by atoms with van der Waals surface area (Å²) < 4.78 is 6.76. The van der Waals surface area contributed by atoms with E-state index in [-0.39, 0.29) is 29.6 Å². The number of benzene rings is 1. The van der Waals surface area contributed by atoms with Crippen LogP contribution in [0.2, 0.25) is 5.02 Å². The zero-order valence-corrected chi connectivity index (χ0v) is 18.4. The van der Waals surface area contributed by atoms with Crippen molar-refractivity contribution in [1.82, 2.24) is 9.55 Å². The van der Waals surface area contributed by atoms with Crippen LogP contribution in [0.25, 0.3) is 10.9 Å². The van der Waals surface area contributed by atoms with Gasteiger partial charge in [-0.25, -0.2) is 4.79 Å². The molecule has 2 aliphatic heterocycles. The van der Waals surface area contributed by atoms with Gasteiger partial charge in [0.1, 0.15) is 5.69 Å². The molecule has 5 rings (SSSR count). The number of ether oxygens (including phenoxy) is 1. The Labute approximate surface area is 189 Å². The maximum atomic E-state index is 13.0. The molecular formula is C23H24ClN4O4+. The van der Waals surface area contributed by atoms with Gasteiger partial charge in [-0.05, 0) is 30.7 Å². The Morgan fingerprint density at radius 1 is 1.28 bits per heavy atom. The molecule has 3 aromatic rings. The van der Waals surface area contributed by atoms with E-state index in [0.717, 1.165) is 25.2 Å². The lowest BCUT2D eigenvalue weighted by Gasteiger charge is -2.40. The number of carbonyl (C=O) groups is 2. The Balaban J connectivity index is 1.36. The second-order valence-corrected chi connectivity index (χ2v) is 9.07. The molecule has 166 valence electrons. The van der Waals surface area contributed by atoms with Crippen molar-refractivity contribution in [1.29, 1.82) is 0 Å². The summed E-state index contributed by atoms with van der Waals surface area (Å²) in [5.74, 6) is -0.121. The number of piperidine rings is 1. The van der Waals surface area contributed by atoms with Crippen molar-refractivity contribution >= 4 is 40.1 Å². The van der Waals surface area contributed by atoms with Crippen molar-refractivity contribution in [2.24, 2.45) is 5.92 Å². The number of hydrogen-bond donors (Lipinski definition) is 3. The summed E-state index contributed by atoms with van der Waals surface area (Å²) in [4.78, 5) is 41.7. The van der Waals surface area contributed by atoms with E-state index in [0.29, 0.717) is 34.1 Å². The number of quaternary nitrogens is 1. The van der Waals surface area contributed by atoms with Gasteiger partial charge >= 0.3 is 5.97 Å². The zero-order valence-electron chi connectivity index (χ0n) is 17.6. The first kappa shape index (κ1) is 20.8. The topological polar surface area (TPSA) is 97.6 Å². The number of hydrogen-bond acceptors (Lipinski definition) is 4. The van der Waals surface area contributed by atoms with Crippen LogP contribution < -0.4 is 15.8 Å². The van der Waals surface area contributed by atoms with Crippen molar-refractivity contribution < 1.29 is 19.2 Å². The Kier molecular flexibility index (Phi) is 5.27. The SMILES string of the molecule is COC(=O)c1[nH]c2ccc(Cl)cc2c1NC(=O)C[NH+]1C[C@H]2C[C@@H](C1)c1cccc(=O)n1C2. The molecule has 9 heteroatoms. The summed E-state index contributed by atoms with van der Waals surface area (Å²) in [7, 11) is 1.30. The molecule has 1 amide bonds. The van der Waals surface area contributed by atoms with Gasteiger partial charge in [-0.15, -0.1) is 0 Å². The number of aromatic nitrogens is 2. The fraction of sp³-hybridized carbons (Fsp3) is 0.348. The van der Waals surface area contributed by atoms with E-state index in [1.54, 1.807) is 24.3 Å². The molecule has 0 aliphatic carbocycles. The Morgan fingerprint density at radius 2 is 2.12 bits per heavy atom. The summed E-state index contributed by atoms with van der Waals surface area (Å²) >= 11 is 6.14. The molecule has 2 aromatic heterocycles. The molecule has 1 aromatic carbocycles. The van der Waals surface area contributed by atoms with E-state index in [4.69, 9.17) is 16.3 Å². The summed E-state index contributed by atoms with van der Waals surface area (Å²) in [6.45, 7) is 2.59. The third-order valence-electron chi connectivity index (χ3n) is 6.50. The van der Waals surface area contributed by atoms with Gasteiger partial charge in [-0.3, -0.25) is 9.59 Å². The maximum absolute atomic E-state index is 13.0. The molecule has 8 nitrogen and oxygen atoms in total. The van der Waals surface area contributed by atoms with Crippen LogP contribution in [0.3, 0.4) is 0 Å². The van der Waals surface area contributed by atoms with Gasteiger partial charge < -0.3 is 24.5 Å². The molecular weight excluding hydrogens is 432 g/mol. The standard InChI is InChI=1S/C23H23ClN4O4/c1-32-23(31)22-21(16-8-15(24)5-6-17(16)25-22)26-19(29)12-27-9-13-7-14(11-27)18-3-2-4-20(30)28(18)10-13/h2-6,8,13-14,25H,7,9-12H2,1H3,(H,26,29)/p+1/t13-,14+/m1/s1. The molecule has 1 saturated heterocycles. The average Bonchev–Trinajstić information content (AvgIpc) is 3.11. The number of nitrogens with zero attached hydrogens (tertiary/aromatic N) is 1. The number of halogens is 1. The van der Waals surface area contributed by atoms with Crippen molar-refractivity contribution in [2.45, 2.75) is 18.9 Å². The fourth-order valence-corrected chi connectivity index (χ4v) is 5.40. The summed E-state index contributed by atoms with van der Waals surface area (Å²) in [5.41, 5.74) is 2.37. The molecule has 3 atom stereocenters. The Bertz CT molecular complexity index is 1280. The number of pyridine rings is 1. The van der Waals surface area contributed by atoms with E-state index in [9.17, 15) is 14.4 Å². The number of carbonyl (C=O) groups excluding carboxylic acids is 2. The number of H-pyrrole nitrogens is 1. The molecule has 1 fully saturated rings. The van der Waals surface area contributed by atoms with Gasteiger partial charge in [0, 0.05) is 46.1 Å². The Hall–Kier alpha value is -3.10. The summed E-state index contributed by atoms with van der Waals surface area (Å²) in [6.07, 6.45) is 1.04. The van der Waals surface area contributed by atoms with Crippen LogP contribution >= 0.6 is 11.6 Å². The number of fused-ring (bicyclic) bond motifs is 5. The first-order valence-corrected chi connectivity index (χ1v) is 11.0. The van der Waals surface area contributed by atoms with Crippen LogP contribution in [-0.2, 0) is 16.1 Å². The number of rotatable bonds is 4. The van der Waals surface area contributed by atoms with Gasteiger partial charge in [0.2, 0.25) is 0 Å². The molecule has 2 bridgehead atoms. The number of anilines is 1. The number of aromatic amines is 1. The largest absolute Gasteiger partial charge is 0.464 e. The lowest BCUT2D eigenvalue weighted by Crippen LogP contribution is -3.15. The van der Waals surface area contributed by atoms with E-state index >= 15 is 0 Å². The van der Waals surface area contributed by atoms with Crippen LogP contribution in [0.4, 0.5) is 5.69 Å². The fourth-order valence-electron chi connectivity index (χ4n) is 5.22. The van der Waals surface area contributed by atoms with Crippen LogP contribution in [0.15, 0.2) is 41.2 Å². The minimum Gasteiger partial charge on any atom is -0.464 e.